The lowest BCUT2D eigenvalue weighted by molar-refractivity contribution is 0.0215. The molecule has 3 aromatic carbocycles. The summed E-state index contributed by atoms with van der Waals surface area (Å²) in [4.78, 5) is 13.5. The van der Waals surface area contributed by atoms with Crippen LogP contribution in [0.25, 0.3) is 0 Å². The number of rotatable bonds is 1. The first-order valence-corrected chi connectivity index (χ1v) is 8.74. The van der Waals surface area contributed by atoms with Gasteiger partial charge in [0, 0.05) is 16.0 Å². The Morgan fingerprint density at radius 3 is 2.40 bits per heavy atom. The third kappa shape index (κ3) is 1.79. The smallest absolute Gasteiger partial charge is 0.340 e. The highest BCUT2D eigenvalue weighted by atomic mass is 32.2. The zero-order valence-electron chi connectivity index (χ0n) is 13.1. The van der Waals surface area contributed by atoms with Gasteiger partial charge in [-0.3, -0.25) is 5.14 Å². The predicted octanol–water partition coefficient (Wildman–Crippen LogP) is 4.22. The van der Waals surface area contributed by atoms with Crippen molar-refractivity contribution < 1.29 is 14.3 Å². The fourth-order valence-corrected chi connectivity index (χ4v) is 4.26. The number of hydrogen-bond acceptors (Lipinski definition) is 5. The predicted molar refractivity (Wildman–Crippen MR) is 94.7 cm³/mol. The molecule has 0 radical (unpaired) electrons. The second kappa shape index (κ2) is 5.12. The van der Waals surface area contributed by atoms with Crippen LogP contribution >= 0.6 is 11.9 Å². The van der Waals surface area contributed by atoms with Crippen molar-refractivity contribution in [2.45, 2.75) is 10.5 Å². The number of hydrogen-bond donors (Lipinski definition) is 1. The Balaban J connectivity index is 1.95. The lowest BCUT2D eigenvalue weighted by Gasteiger charge is -2.37. The van der Waals surface area contributed by atoms with E-state index in [1.807, 2.05) is 60.7 Å². The van der Waals surface area contributed by atoms with Crippen LogP contribution in [-0.4, -0.2) is 5.97 Å². The van der Waals surface area contributed by atoms with Gasteiger partial charge in [-0.05, 0) is 36.2 Å². The lowest BCUT2D eigenvalue weighted by atomic mass is 9.77. The van der Waals surface area contributed by atoms with Crippen molar-refractivity contribution >= 4 is 17.9 Å². The fraction of sp³-hybridized carbons (Fsp3) is 0.0500. The van der Waals surface area contributed by atoms with Crippen LogP contribution in [0.5, 0.6) is 11.5 Å². The minimum absolute atomic E-state index is 0.338. The Hall–Kier alpha value is -2.76. The van der Waals surface area contributed by atoms with Gasteiger partial charge in [0.15, 0.2) is 5.60 Å². The molecule has 2 heterocycles. The zero-order chi connectivity index (χ0) is 17.0. The third-order valence-corrected chi connectivity index (χ3v) is 5.32. The SMILES string of the molecule is NSc1cccc2c1C1(OC(=O)c3ccccc31)c1ccccc1O2. The average molecular weight is 347 g/mol. The molecule has 5 heteroatoms. The maximum atomic E-state index is 12.7. The Kier molecular flexibility index (Phi) is 2.98. The van der Waals surface area contributed by atoms with E-state index in [1.54, 1.807) is 6.07 Å². The Labute approximate surface area is 148 Å². The van der Waals surface area contributed by atoms with Crippen molar-refractivity contribution in [2.75, 3.05) is 0 Å². The molecule has 25 heavy (non-hydrogen) atoms. The molecule has 0 saturated heterocycles. The van der Waals surface area contributed by atoms with E-state index in [4.69, 9.17) is 14.6 Å². The van der Waals surface area contributed by atoms with E-state index >= 15 is 0 Å². The number of para-hydroxylation sites is 1. The highest BCUT2D eigenvalue weighted by Crippen LogP contribution is 2.57. The van der Waals surface area contributed by atoms with Crippen LogP contribution in [0.15, 0.2) is 71.6 Å². The van der Waals surface area contributed by atoms with E-state index in [0.29, 0.717) is 17.1 Å². The monoisotopic (exact) mass is 347 g/mol. The molecular formula is C20H13NO3S. The van der Waals surface area contributed by atoms with E-state index < -0.39 is 5.60 Å². The van der Waals surface area contributed by atoms with Crippen molar-refractivity contribution in [1.82, 2.24) is 0 Å². The quantitative estimate of drug-likeness (QED) is 0.527. The van der Waals surface area contributed by atoms with Gasteiger partial charge in [-0.25, -0.2) is 4.79 Å². The molecule has 2 N–H and O–H groups in total. The molecule has 1 atom stereocenters. The van der Waals surface area contributed by atoms with Gasteiger partial charge < -0.3 is 9.47 Å². The summed E-state index contributed by atoms with van der Waals surface area (Å²) in [7, 11) is 0. The van der Waals surface area contributed by atoms with Crippen LogP contribution in [0.1, 0.15) is 27.0 Å². The number of fused-ring (bicyclic) bond motifs is 6. The summed E-state index contributed by atoms with van der Waals surface area (Å²) >= 11 is 1.12. The van der Waals surface area contributed by atoms with E-state index in [1.165, 1.54) is 0 Å². The fourth-order valence-electron chi connectivity index (χ4n) is 3.74. The molecule has 0 amide bonds. The van der Waals surface area contributed by atoms with E-state index in [0.717, 1.165) is 33.5 Å². The largest absolute Gasteiger partial charge is 0.456 e. The minimum atomic E-state index is -1.04. The topological polar surface area (TPSA) is 61.5 Å². The third-order valence-electron chi connectivity index (χ3n) is 4.73. The maximum Gasteiger partial charge on any atom is 0.340 e. The van der Waals surface area contributed by atoms with Crippen molar-refractivity contribution in [2.24, 2.45) is 5.14 Å². The molecule has 5 rings (SSSR count). The van der Waals surface area contributed by atoms with Crippen LogP contribution in [0, 0.1) is 0 Å². The first-order chi connectivity index (χ1) is 12.3. The number of ether oxygens (including phenoxy) is 2. The molecule has 1 unspecified atom stereocenters. The minimum Gasteiger partial charge on any atom is -0.456 e. The van der Waals surface area contributed by atoms with Gasteiger partial charge >= 0.3 is 5.97 Å². The molecule has 0 aromatic heterocycles. The highest BCUT2D eigenvalue weighted by molar-refractivity contribution is 7.97. The van der Waals surface area contributed by atoms with Gasteiger partial charge in [-0.2, -0.15) is 0 Å². The Morgan fingerprint density at radius 2 is 1.56 bits per heavy atom. The van der Waals surface area contributed by atoms with Crippen LogP contribution in [0.2, 0.25) is 0 Å². The van der Waals surface area contributed by atoms with Crippen molar-refractivity contribution in [3.8, 4) is 11.5 Å². The van der Waals surface area contributed by atoms with Gasteiger partial charge in [0.05, 0.1) is 11.1 Å². The van der Waals surface area contributed by atoms with Crippen LogP contribution < -0.4 is 9.88 Å². The highest BCUT2D eigenvalue weighted by Gasteiger charge is 2.54. The van der Waals surface area contributed by atoms with Gasteiger partial charge in [0.25, 0.3) is 0 Å². The maximum absolute atomic E-state index is 12.7. The summed E-state index contributed by atoms with van der Waals surface area (Å²) in [5, 5.41) is 5.92. The van der Waals surface area contributed by atoms with Gasteiger partial charge in [0.2, 0.25) is 0 Å². The van der Waals surface area contributed by atoms with Crippen molar-refractivity contribution in [1.29, 1.82) is 0 Å². The number of carbonyl (C=O) groups is 1. The molecule has 0 bridgehead atoms. The molecule has 3 aromatic rings. The lowest BCUT2D eigenvalue weighted by Crippen LogP contribution is -2.33. The first kappa shape index (κ1) is 14.6. The first-order valence-electron chi connectivity index (χ1n) is 7.86. The normalized spacial score (nSPS) is 19.6. The molecule has 122 valence electrons. The molecule has 1 spiro atoms. The summed E-state index contributed by atoms with van der Waals surface area (Å²) in [5.41, 5.74) is 1.93. The van der Waals surface area contributed by atoms with Crippen LogP contribution in [0.4, 0.5) is 0 Å². The van der Waals surface area contributed by atoms with Gasteiger partial charge in [0.1, 0.15) is 11.5 Å². The number of esters is 1. The van der Waals surface area contributed by atoms with E-state index in [9.17, 15) is 4.79 Å². The summed E-state index contributed by atoms with van der Waals surface area (Å²) in [6.07, 6.45) is 0. The van der Waals surface area contributed by atoms with E-state index in [-0.39, 0.29) is 5.97 Å². The number of nitrogens with two attached hydrogens (primary N) is 1. The zero-order valence-corrected chi connectivity index (χ0v) is 13.9. The average Bonchev–Trinajstić information content (AvgIpc) is 2.95. The molecule has 0 fully saturated rings. The van der Waals surface area contributed by atoms with Crippen molar-refractivity contribution in [3.05, 3.63) is 89.0 Å². The summed E-state index contributed by atoms with van der Waals surface area (Å²) < 4.78 is 12.2. The molecule has 2 aliphatic heterocycles. The van der Waals surface area contributed by atoms with Crippen LogP contribution in [-0.2, 0) is 10.3 Å². The summed E-state index contributed by atoms with van der Waals surface area (Å²) in [6.45, 7) is 0. The Bertz CT molecular complexity index is 1030. The van der Waals surface area contributed by atoms with Gasteiger partial charge in [-0.1, -0.05) is 42.5 Å². The number of carbonyl (C=O) groups excluding carboxylic acids is 1. The molecule has 0 saturated carbocycles. The molecular weight excluding hydrogens is 334 g/mol. The van der Waals surface area contributed by atoms with Crippen molar-refractivity contribution in [3.63, 3.8) is 0 Å². The Morgan fingerprint density at radius 1 is 0.840 bits per heavy atom. The number of benzene rings is 3. The van der Waals surface area contributed by atoms with Crippen LogP contribution in [0.3, 0.4) is 0 Å². The van der Waals surface area contributed by atoms with E-state index in [2.05, 4.69) is 0 Å². The van der Waals surface area contributed by atoms with Gasteiger partial charge in [-0.15, -0.1) is 0 Å². The summed E-state index contributed by atoms with van der Waals surface area (Å²) in [6, 6.07) is 20.8. The molecule has 4 nitrogen and oxygen atoms in total. The second-order valence-corrected chi connectivity index (χ2v) is 6.64. The molecule has 0 aliphatic carbocycles. The standard InChI is InChI=1S/C20H13NO3S/c21-25-17-11-5-10-16-18(17)20(14-8-3-4-9-15(14)23-16)13-7-2-1-6-12(13)19(22)24-20/h1-11H,21H2. The summed E-state index contributed by atoms with van der Waals surface area (Å²) in [5.74, 6) is 0.993. The molecule has 2 aliphatic rings. The second-order valence-electron chi connectivity index (χ2n) is 5.96.